The second kappa shape index (κ2) is 11.2. The number of hydrogen-bond acceptors (Lipinski definition) is 8. The molecule has 12 heteroatoms. The molecular formula is C25H26F3N7O2. The Morgan fingerprint density at radius 3 is 2.59 bits per heavy atom. The van der Waals surface area contributed by atoms with Crippen LogP contribution in [0.2, 0.25) is 0 Å². The topological polar surface area (TPSA) is 103 Å². The van der Waals surface area contributed by atoms with Crippen molar-refractivity contribution in [3.05, 3.63) is 66.9 Å². The highest BCUT2D eigenvalue weighted by Crippen LogP contribution is 2.38. The van der Waals surface area contributed by atoms with Crippen molar-refractivity contribution in [1.82, 2.24) is 15.3 Å². The zero-order valence-corrected chi connectivity index (χ0v) is 20.0. The highest BCUT2D eigenvalue weighted by atomic mass is 19.4. The maximum Gasteiger partial charge on any atom is 0.421 e. The normalized spacial score (nSPS) is 13.6. The lowest BCUT2D eigenvalue weighted by molar-refractivity contribution is -0.137. The number of aromatic nitrogens is 2. The standard InChI is InChI=1S/C25H26F3N7O2/c1-3-22(36)31-16-5-4-6-17(13-16)32-24-30-15-19(25(26,27)28)23(34-24)33-20-8-7-18(14-21(20)37-2)35-11-9-29-10-12-35/h3-8,13-15,29H,1,9-12H2,2H3,(H,31,36)(H2,30,32,33,34). The molecule has 3 aromatic rings. The third kappa shape index (κ3) is 6.47. The lowest BCUT2D eigenvalue weighted by Gasteiger charge is -2.30. The fourth-order valence-electron chi connectivity index (χ4n) is 3.77. The van der Waals surface area contributed by atoms with Gasteiger partial charge in [-0.15, -0.1) is 0 Å². The van der Waals surface area contributed by atoms with Gasteiger partial charge in [-0.25, -0.2) is 4.98 Å². The highest BCUT2D eigenvalue weighted by Gasteiger charge is 2.35. The van der Waals surface area contributed by atoms with Crippen molar-refractivity contribution in [3.8, 4) is 5.75 Å². The van der Waals surface area contributed by atoms with Gasteiger partial charge in [0, 0.05) is 55.5 Å². The van der Waals surface area contributed by atoms with Crippen LogP contribution in [0.4, 0.5) is 47.7 Å². The summed E-state index contributed by atoms with van der Waals surface area (Å²) in [7, 11) is 1.46. The number of hydrogen-bond donors (Lipinski definition) is 4. The lowest BCUT2D eigenvalue weighted by atomic mass is 10.2. The summed E-state index contributed by atoms with van der Waals surface area (Å²) < 4.78 is 46.8. The first-order valence-electron chi connectivity index (χ1n) is 11.4. The van der Waals surface area contributed by atoms with Gasteiger partial charge in [0.25, 0.3) is 0 Å². The Labute approximate surface area is 211 Å². The van der Waals surface area contributed by atoms with Crippen LogP contribution in [0.5, 0.6) is 5.75 Å². The second-order valence-electron chi connectivity index (χ2n) is 8.10. The third-order valence-electron chi connectivity index (χ3n) is 5.59. The Morgan fingerprint density at radius 1 is 1.14 bits per heavy atom. The van der Waals surface area contributed by atoms with E-state index < -0.39 is 23.5 Å². The van der Waals surface area contributed by atoms with Gasteiger partial charge in [-0.05, 0) is 36.4 Å². The number of nitrogens with one attached hydrogen (secondary N) is 4. The van der Waals surface area contributed by atoms with Gasteiger partial charge in [0.2, 0.25) is 11.9 Å². The Kier molecular flexibility index (Phi) is 7.77. The van der Waals surface area contributed by atoms with E-state index in [1.54, 1.807) is 36.4 Å². The van der Waals surface area contributed by atoms with Crippen molar-refractivity contribution in [2.45, 2.75) is 6.18 Å². The van der Waals surface area contributed by atoms with E-state index in [0.717, 1.165) is 37.9 Å². The van der Waals surface area contributed by atoms with Crippen LogP contribution in [0.1, 0.15) is 5.56 Å². The number of benzene rings is 2. The quantitative estimate of drug-likeness (QED) is 0.326. The summed E-state index contributed by atoms with van der Waals surface area (Å²) >= 11 is 0. The molecule has 0 unspecified atom stereocenters. The van der Waals surface area contributed by atoms with Gasteiger partial charge in [-0.2, -0.15) is 18.2 Å². The molecule has 1 aliphatic rings. The fraction of sp³-hybridized carbons (Fsp3) is 0.240. The average molecular weight is 514 g/mol. The maximum absolute atomic E-state index is 13.8. The number of carbonyl (C=O) groups excluding carboxylic acids is 1. The number of alkyl halides is 3. The van der Waals surface area contributed by atoms with E-state index in [1.165, 1.54) is 7.11 Å². The number of carbonyl (C=O) groups is 1. The molecule has 1 fully saturated rings. The molecule has 9 nitrogen and oxygen atoms in total. The van der Waals surface area contributed by atoms with Gasteiger partial charge >= 0.3 is 6.18 Å². The van der Waals surface area contributed by atoms with Crippen LogP contribution in [0.25, 0.3) is 0 Å². The van der Waals surface area contributed by atoms with E-state index in [-0.39, 0.29) is 5.95 Å². The van der Waals surface area contributed by atoms with E-state index in [2.05, 4.69) is 42.7 Å². The fourth-order valence-corrected chi connectivity index (χ4v) is 3.77. The minimum atomic E-state index is -4.69. The van der Waals surface area contributed by atoms with Crippen LogP contribution in [0.15, 0.2) is 61.3 Å². The van der Waals surface area contributed by atoms with E-state index in [0.29, 0.717) is 29.0 Å². The number of anilines is 6. The largest absolute Gasteiger partial charge is 0.494 e. The SMILES string of the molecule is C=CC(=O)Nc1cccc(Nc2ncc(C(F)(F)F)c(Nc3ccc(N4CCNCC4)cc3OC)n2)c1. The van der Waals surface area contributed by atoms with Crippen LogP contribution in [0.3, 0.4) is 0 Å². The van der Waals surface area contributed by atoms with Gasteiger partial charge < -0.3 is 30.9 Å². The van der Waals surface area contributed by atoms with Crippen LogP contribution >= 0.6 is 0 Å². The molecule has 0 bridgehead atoms. The summed E-state index contributed by atoms with van der Waals surface area (Å²) in [5.41, 5.74) is 1.14. The number of ether oxygens (including phenoxy) is 1. The Hall–Kier alpha value is -4.32. The van der Waals surface area contributed by atoms with Gasteiger partial charge in [-0.3, -0.25) is 4.79 Å². The Morgan fingerprint density at radius 2 is 1.89 bits per heavy atom. The first-order valence-corrected chi connectivity index (χ1v) is 11.4. The number of methoxy groups -OCH3 is 1. The first kappa shape index (κ1) is 25.8. The molecule has 0 radical (unpaired) electrons. The molecule has 1 aliphatic heterocycles. The minimum absolute atomic E-state index is 0.0703. The van der Waals surface area contributed by atoms with E-state index >= 15 is 0 Å². The Bertz CT molecular complexity index is 1280. The molecule has 1 amide bonds. The molecule has 1 aromatic heterocycles. The van der Waals surface area contributed by atoms with Crippen molar-refractivity contribution in [2.75, 3.05) is 54.1 Å². The van der Waals surface area contributed by atoms with Gasteiger partial charge in [0.15, 0.2) is 0 Å². The van der Waals surface area contributed by atoms with Gasteiger partial charge in [0.05, 0.1) is 12.8 Å². The molecule has 0 saturated carbocycles. The van der Waals surface area contributed by atoms with Crippen LogP contribution in [-0.2, 0) is 11.0 Å². The number of nitrogens with zero attached hydrogens (tertiary/aromatic N) is 3. The van der Waals surface area contributed by atoms with Crippen molar-refractivity contribution in [1.29, 1.82) is 0 Å². The number of piperazine rings is 1. The molecule has 2 heterocycles. The van der Waals surface area contributed by atoms with E-state index in [4.69, 9.17) is 4.74 Å². The molecule has 2 aromatic carbocycles. The second-order valence-corrected chi connectivity index (χ2v) is 8.10. The van der Waals surface area contributed by atoms with E-state index in [9.17, 15) is 18.0 Å². The van der Waals surface area contributed by atoms with Gasteiger partial charge in [0.1, 0.15) is 17.1 Å². The van der Waals surface area contributed by atoms with Gasteiger partial charge in [-0.1, -0.05) is 12.6 Å². The molecule has 1 saturated heterocycles. The maximum atomic E-state index is 13.8. The predicted octanol–water partition coefficient (Wildman–Crippen LogP) is 4.53. The van der Waals surface area contributed by atoms with Crippen molar-refractivity contribution in [3.63, 3.8) is 0 Å². The summed E-state index contributed by atoms with van der Waals surface area (Å²) in [5.74, 6) is -0.525. The summed E-state index contributed by atoms with van der Waals surface area (Å²) in [6.07, 6.45) is -2.85. The molecule has 0 spiro atoms. The molecule has 37 heavy (non-hydrogen) atoms. The predicted molar refractivity (Wildman–Crippen MR) is 137 cm³/mol. The molecular weight excluding hydrogens is 487 g/mol. The summed E-state index contributed by atoms with van der Waals surface area (Å²) in [6.45, 7) is 6.72. The molecule has 194 valence electrons. The van der Waals surface area contributed by atoms with Crippen LogP contribution in [-0.4, -0.2) is 49.2 Å². The molecule has 4 rings (SSSR count). The average Bonchev–Trinajstić information content (AvgIpc) is 2.89. The zero-order chi connectivity index (χ0) is 26.4. The first-order chi connectivity index (χ1) is 17.8. The molecule has 4 N–H and O–H groups in total. The monoisotopic (exact) mass is 513 g/mol. The number of rotatable bonds is 8. The Balaban J connectivity index is 1.62. The van der Waals surface area contributed by atoms with Crippen molar-refractivity contribution >= 4 is 40.4 Å². The van der Waals surface area contributed by atoms with Crippen LogP contribution in [0, 0.1) is 0 Å². The number of amides is 1. The highest BCUT2D eigenvalue weighted by molar-refractivity contribution is 5.99. The molecule has 0 atom stereocenters. The smallest absolute Gasteiger partial charge is 0.421 e. The van der Waals surface area contributed by atoms with E-state index in [1.807, 2.05) is 6.07 Å². The van der Waals surface area contributed by atoms with Crippen molar-refractivity contribution in [2.24, 2.45) is 0 Å². The van der Waals surface area contributed by atoms with Crippen molar-refractivity contribution < 1.29 is 22.7 Å². The zero-order valence-electron chi connectivity index (χ0n) is 20.0. The lowest BCUT2D eigenvalue weighted by Crippen LogP contribution is -2.43. The summed E-state index contributed by atoms with van der Waals surface area (Å²) in [5, 5.41) is 11.5. The summed E-state index contributed by atoms with van der Waals surface area (Å²) in [6, 6.07) is 11.8. The summed E-state index contributed by atoms with van der Waals surface area (Å²) in [4.78, 5) is 21.7. The minimum Gasteiger partial charge on any atom is -0.494 e. The molecule has 0 aliphatic carbocycles. The number of halogens is 3. The third-order valence-corrected chi connectivity index (χ3v) is 5.59. The van der Waals surface area contributed by atoms with Crippen LogP contribution < -0.4 is 30.9 Å².